The zero-order valence-corrected chi connectivity index (χ0v) is 10.3. The Morgan fingerprint density at radius 1 is 1.50 bits per heavy atom. The highest BCUT2D eigenvalue weighted by atomic mass is 16.3. The zero-order chi connectivity index (χ0) is 12.0. The van der Waals surface area contributed by atoms with Crippen LogP contribution in [0.1, 0.15) is 39.5 Å². The molecule has 2 atom stereocenters. The average molecular weight is 228 g/mol. The lowest BCUT2D eigenvalue weighted by Gasteiger charge is -2.25. The lowest BCUT2D eigenvalue weighted by molar-refractivity contribution is -0.124. The highest BCUT2D eigenvalue weighted by Crippen LogP contribution is 2.09. The molecule has 1 fully saturated rings. The van der Waals surface area contributed by atoms with E-state index in [1.54, 1.807) is 0 Å². The Balaban J connectivity index is 2.35. The van der Waals surface area contributed by atoms with Crippen LogP contribution in [-0.4, -0.2) is 36.2 Å². The number of aliphatic hydroxyl groups excluding tert-OH is 1. The molecule has 94 valence electrons. The lowest BCUT2D eigenvalue weighted by Crippen LogP contribution is -2.50. The molecular weight excluding hydrogens is 204 g/mol. The van der Waals surface area contributed by atoms with E-state index < -0.39 is 0 Å². The Morgan fingerprint density at radius 2 is 2.25 bits per heavy atom. The maximum absolute atomic E-state index is 11.9. The first-order valence-electron chi connectivity index (χ1n) is 6.28. The van der Waals surface area contributed by atoms with Crippen molar-refractivity contribution < 1.29 is 9.90 Å². The minimum atomic E-state index is -0.101. The number of carbonyl (C=O) groups excluding carboxylic acids is 1. The van der Waals surface area contributed by atoms with E-state index in [2.05, 4.69) is 24.5 Å². The predicted octanol–water partition coefficient (Wildman–Crippen LogP) is 0.652. The summed E-state index contributed by atoms with van der Waals surface area (Å²) in [7, 11) is 0. The number of nitrogens with one attached hydrogen (secondary N) is 2. The van der Waals surface area contributed by atoms with Gasteiger partial charge in [-0.15, -0.1) is 0 Å². The van der Waals surface area contributed by atoms with E-state index in [-0.39, 0.29) is 24.6 Å². The molecule has 1 rings (SSSR count). The number of carbonyl (C=O) groups is 1. The van der Waals surface area contributed by atoms with Gasteiger partial charge < -0.3 is 15.7 Å². The van der Waals surface area contributed by atoms with Gasteiger partial charge in [-0.2, -0.15) is 0 Å². The standard InChI is InChI=1S/C12H24N2O2/c1-9(2)7-10(8-15)14-12(16)11-5-3-4-6-13-11/h9-11,13,15H,3-8H2,1-2H3,(H,14,16). The summed E-state index contributed by atoms with van der Waals surface area (Å²) in [6, 6.07) is -0.161. The largest absolute Gasteiger partial charge is 0.394 e. The summed E-state index contributed by atoms with van der Waals surface area (Å²) in [4.78, 5) is 11.9. The molecule has 1 heterocycles. The summed E-state index contributed by atoms with van der Waals surface area (Å²) in [6.07, 6.45) is 4.00. The van der Waals surface area contributed by atoms with Crippen LogP contribution in [0.25, 0.3) is 0 Å². The predicted molar refractivity (Wildman–Crippen MR) is 64.1 cm³/mol. The molecule has 2 unspecified atom stereocenters. The second-order valence-electron chi connectivity index (χ2n) is 5.02. The normalized spacial score (nSPS) is 23.1. The van der Waals surface area contributed by atoms with Crippen molar-refractivity contribution in [2.45, 2.75) is 51.6 Å². The summed E-state index contributed by atoms with van der Waals surface area (Å²) in [5.41, 5.74) is 0. The van der Waals surface area contributed by atoms with Crippen LogP contribution in [0.3, 0.4) is 0 Å². The third-order valence-electron chi connectivity index (χ3n) is 2.95. The monoisotopic (exact) mass is 228 g/mol. The SMILES string of the molecule is CC(C)CC(CO)NC(=O)C1CCCCN1. The van der Waals surface area contributed by atoms with E-state index in [9.17, 15) is 9.90 Å². The van der Waals surface area contributed by atoms with Gasteiger partial charge >= 0.3 is 0 Å². The van der Waals surface area contributed by atoms with Gasteiger partial charge in [0.2, 0.25) is 5.91 Å². The van der Waals surface area contributed by atoms with Gasteiger partial charge in [-0.3, -0.25) is 4.79 Å². The summed E-state index contributed by atoms with van der Waals surface area (Å²) < 4.78 is 0. The fourth-order valence-corrected chi connectivity index (χ4v) is 2.13. The summed E-state index contributed by atoms with van der Waals surface area (Å²) in [5, 5.41) is 15.3. The molecule has 4 nitrogen and oxygen atoms in total. The van der Waals surface area contributed by atoms with Crippen molar-refractivity contribution in [2.75, 3.05) is 13.2 Å². The molecule has 0 aromatic carbocycles. The van der Waals surface area contributed by atoms with E-state index in [1.165, 1.54) is 0 Å². The second kappa shape index (κ2) is 6.86. The van der Waals surface area contributed by atoms with Gasteiger partial charge in [0.25, 0.3) is 0 Å². The minimum absolute atomic E-state index is 0.0244. The molecule has 1 amide bonds. The first-order valence-corrected chi connectivity index (χ1v) is 6.28. The molecule has 1 aliphatic rings. The molecule has 0 aromatic heterocycles. The smallest absolute Gasteiger partial charge is 0.237 e. The molecular formula is C12H24N2O2. The van der Waals surface area contributed by atoms with E-state index >= 15 is 0 Å². The Labute approximate surface area is 97.8 Å². The van der Waals surface area contributed by atoms with Crippen molar-refractivity contribution in [3.63, 3.8) is 0 Å². The number of amides is 1. The highest BCUT2D eigenvalue weighted by molar-refractivity contribution is 5.82. The first kappa shape index (κ1) is 13.5. The van der Waals surface area contributed by atoms with Gasteiger partial charge in [-0.25, -0.2) is 0 Å². The van der Waals surface area contributed by atoms with Crippen molar-refractivity contribution in [2.24, 2.45) is 5.92 Å². The highest BCUT2D eigenvalue weighted by Gasteiger charge is 2.22. The third-order valence-corrected chi connectivity index (χ3v) is 2.95. The maximum atomic E-state index is 11.9. The van der Waals surface area contributed by atoms with Gasteiger partial charge in [0.15, 0.2) is 0 Å². The van der Waals surface area contributed by atoms with E-state index in [0.717, 1.165) is 32.2 Å². The molecule has 1 saturated heterocycles. The van der Waals surface area contributed by atoms with Crippen LogP contribution in [0, 0.1) is 5.92 Å². The van der Waals surface area contributed by atoms with Crippen LogP contribution >= 0.6 is 0 Å². The van der Waals surface area contributed by atoms with Crippen LogP contribution in [0.4, 0.5) is 0 Å². The lowest BCUT2D eigenvalue weighted by atomic mass is 10.0. The molecule has 4 heteroatoms. The fraction of sp³-hybridized carbons (Fsp3) is 0.917. The van der Waals surface area contributed by atoms with Gasteiger partial charge in [0.1, 0.15) is 0 Å². The quantitative estimate of drug-likeness (QED) is 0.647. The van der Waals surface area contributed by atoms with Crippen molar-refractivity contribution in [1.29, 1.82) is 0 Å². The molecule has 0 spiro atoms. The Morgan fingerprint density at radius 3 is 2.75 bits per heavy atom. The zero-order valence-electron chi connectivity index (χ0n) is 10.3. The topological polar surface area (TPSA) is 61.4 Å². The summed E-state index contributed by atoms with van der Waals surface area (Å²) in [5.74, 6) is 0.524. The number of rotatable bonds is 5. The van der Waals surface area contributed by atoms with E-state index in [1.807, 2.05) is 0 Å². The molecule has 1 aliphatic heterocycles. The molecule has 0 bridgehead atoms. The van der Waals surface area contributed by atoms with Gasteiger partial charge in [0.05, 0.1) is 18.7 Å². The van der Waals surface area contributed by atoms with Crippen LogP contribution in [0.15, 0.2) is 0 Å². The van der Waals surface area contributed by atoms with E-state index in [4.69, 9.17) is 0 Å². The molecule has 0 aromatic rings. The van der Waals surface area contributed by atoms with Crippen LogP contribution in [0.2, 0.25) is 0 Å². The summed E-state index contributed by atoms with van der Waals surface area (Å²) >= 11 is 0. The average Bonchev–Trinajstić information content (AvgIpc) is 2.28. The number of hydrogen-bond donors (Lipinski definition) is 3. The Kier molecular flexibility index (Phi) is 5.77. The van der Waals surface area contributed by atoms with Crippen LogP contribution in [-0.2, 0) is 4.79 Å². The van der Waals surface area contributed by atoms with E-state index in [0.29, 0.717) is 5.92 Å². The Hall–Kier alpha value is -0.610. The number of aliphatic hydroxyl groups is 1. The van der Waals surface area contributed by atoms with Crippen molar-refractivity contribution >= 4 is 5.91 Å². The van der Waals surface area contributed by atoms with Crippen molar-refractivity contribution in [3.05, 3.63) is 0 Å². The number of hydrogen-bond acceptors (Lipinski definition) is 3. The summed E-state index contributed by atoms with van der Waals surface area (Å²) in [6.45, 7) is 5.13. The third kappa shape index (κ3) is 4.49. The second-order valence-corrected chi connectivity index (χ2v) is 5.02. The van der Waals surface area contributed by atoms with Crippen LogP contribution < -0.4 is 10.6 Å². The van der Waals surface area contributed by atoms with Crippen molar-refractivity contribution in [3.8, 4) is 0 Å². The van der Waals surface area contributed by atoms with Crippen LogP contribution in [0.5, 0.6) is 0 Å². The molecule has 16 heavy (non-hydrogen) atoms. The maximum Gasteiger partial charge on any atom is 0.237 e. The first-order chi connectivity index (χ1) is 7.63. The molecule has 0 aliphatic carbocycles. The Bertz CT molecular complexity index is 213. The molecule has 0 radical (unpaired) electrons. The van der Waals surface area contributed by atoms with Gasteiger partial charge in [-0.1, -0.05) is 20.3 Å². The van der Waals surface area contributed by atoms with Gasteiger partial charge in [-0.05, 0) is 31.7 Å². The molecule has 0 saturated carbocycles. The molecule has 3 N–H and O–H groups in total. The fourth-order valence-electron chi connectivity index (χ4n) is 2.13. The number of piperidine rings is 1. The minimum Gasteiger partial charge on any atom is -0.394 e. The van der Waals surface area contributed by atoms with Crippen molar-refractivity contribution in [1.82, 2.24) is 10.6 Å². The van der Waals surface area contributed by atoms with Gasteiger partial charge in [0, 0.05) is 0 Å².